The van der Waals surface area contributed by atoms with Crippen LogP contribution in [0.1, 0.15) is 232 Å². The second-order valence-corrected chi connectivity index (χ2v) is 20.4. The van der Waals surface area contributed by atoms with E-state index >= 15 is 0 Å². The molecule has 0 aromatic rings. The molecule has 2 aliphatic rings. The molecule has 12 atom stereocenters. The van der Waals surface area contributed by atoms with Gasteiger partial charge >= 0.3 is 0 Å². The second-order valence-electron chi connectivity index (χ2n) is 20.4. The van der Waals surface area contributed by atoms with Crippen molar-refractivity contribution in [2.24, 2.45) is 0 Å². The maximum Gasteiger partial charge on any atom is 0.220 e. The summed E-state index contributed by atoms with van der Waals surface area (Å²) in [6, 6.07) is -0.926. The fourth-order valence-corrected chi connectivity index (χ4v) is 9.48. The van der Waals surface area contributed by atoms with Gasteiger partial charge in [-0.05, 0) is 32.1 Å². The van der Waals surface area contributed by atoms with E-state index in [9.17, 15) is 45.6 Å². The van der Waals surface area contributed by atoms with Crippen LogP contribution in [0.15, 0.2) is 24.3 Å². The van der Waals surface area contributed by atoms with Crippen LogP contribution in [0.2, 0.25) is 0 Å². The Bertz CT molecular complexity index is 1270. The number of carbonyl (C=O) groups excluding carboxylic acids is 1. The Labute approximate surface area is 424 Å². The Balaban J connectivity index is 1.76. The molecule has 14 heteroatoms. The highest BCUT2D eigenvalue weighted by Crippen LogP contribution is 2.30. The predicted molar refractivity (Wildman–Crippen MR) is 277 cm³/mol. The number of rotatable bonds is 45. The molecule has 2 rings (SSSR count). The average Bonchev–Trinajstić information content (AvgIpc) is 3.36. The summed E-state index contributed by atoms with van der Waals surface area (Å²) in [6.45, 7) is 2.78. The highest BCUT2D eigenvalue weighted by atomic mass is 16.7. The molecule has 2 fully saturated rings. The Morgan fingerprint density at radius 3 is 1.40 bits per heavy atom. The highest BCUT2D eigenvalue weighted by Gasteiger charge is 2.51. The molecule has 9 N–H and O–H groups in total. The summed E-state index contributed by atoms with van der Waals surface area (Å²) in [7, 11) is 0. The minimum absolute atomic E-state index is 0.249. The lowest BCUT2D eigenvalue weighted by atomic mass is 9.97. The smallest absolute Gasteiger partial charge is 0.220 e. The Kier molecular flexibility index (Phi) is 39.5. The number of aliphatic hydroxyl groups excluding tert-OH is 8. The molecule has 0 saturated carbocycles. The van der Waals surface area contributed by atoms with E-state index in [4.69, 9.17) is 18.9 Å². The Hall–Kier alpha value is -1.53. The number of aliphatic hydroxyl groups is 8. The fourth-order valence-electron chi connectivity index (χ4n) is 9.48. The van der Waals surface area contributed by atoms with Crippen LogP contribution in [0.25, 0.3) is 0 Å². The van der Waals surface area contributed by atoms with Crippen molar-refractivity contribution in [3.63, 3.8) is 0 Å². The van der Waals surface area contributed by atoms with Crippen molar-refractivity contribution in [1.82, 2.24) is 5.32 Å². The first-order valence-electron chi connectivity index (χ1n) is 28.6. The van der Waals surface area contributed by atoms with Crippen molar-refractivity contribution >= 4 is 5.91 Å². The van der Waals surface area contributed by atoms with E-state index in [2.05, 4.69) is 31.3 Å². The van der Waals surface area contributed by atoms with Gasteiger partial charge in [0.15, 0.2) is 12.6 Å². The Morgan fingerprint density at radius 1 is 0.500 bits per heavy atom. The fraction of sp³-hybridized carbons (Fsp3) is 0.911. The molecule has 0 aromatic carbocycles. The lowest BCUT2D eigenvalue weighted by Crippen LogP contribution is -2.65. The van der Waals surface area contributed by atoms with Gasteiger partial charge in [0.05, 0.1) is 32.0 Å². The summed E-state index contributed by atoms with van der Waals surface area (Å²) in [5.41, 5.74) is 0. The SMILES string of the molecule is CCCCCCCCCCCCCCCCCCCCC/C=C/CC/C=C/C(O)C(COC1OC(CO)C(OC2OC(CO)C(O)C(O)C2O)C(O)C1O)NC(=O)CCCCCCCCCCCCC. The lowest BCUT2D eigenvalue weighted by molar-refractivity contribution is -0.359. The van der Waals surface area contributed by atoms with Gasteiger partial charge in [-0.1, -0.05) is 218 Å². The maximum absolute atomic E-state index is 13.2. The first-order chi connectivity index (χ1) is 34.1. The molecule has 14 nitrogen and oxygen atoms in total. The molecule has 0 spiro atoms. The molecule has 2 aliphatic heterocycles. The maximum atomic E-state index is 13.2. The molecule has 2 saturated heterocycles. The van der Waals surface area contributed by atoms with Gasteiger partial charge in [0, 0.05) is 6.42 Å². The molecule has 0 bridgehead atoms. The summed E-state index contributed by atoms with van der Waals surface area (Å²) in [6.07, 6.45) is 32.4. The first kappa shape index (κ1) is 64.6. The second kappa shape index (κ2) is 42.8. The summed E-state index contributed by atoms with van der Waals surface area (Å²) in [5, 5.41) is 86.8. The van der Waals surface area contributed by atoms with Gasteiger partial charge in [-0.15, -0.1) is 0 Å². The van der Waals surface area contributed by atoms with Crippen LogP contribution in [0, 0.1) is 0 Å². The molecule has 1 amide bonds. The van der Waals surface area contributed by atoms with Crippen molar-refractivity contribution in [3.05, 3.63) is 24.3 Å². The molecular formula is C56H105NO13. The van der Waals surface area contributed by atoms with Gasteiger partial charge in [-0.2, -0.15) is 0 Å². The van der Waals surface area contributed by atoms with Gasteiger partial charge < -0.3 is 65.1 Å². The zero-order valence-corrected chi connectivity index (χ0v) is 44.0. The summed E-state index contributed by atoms with van der Waals surface area (Å²) >= 11 is 0. The van der Waals surface area contributed by atoms with E-state index in [1.165, 1.54) is 167 Å². The zero-order chi connectivity index (χ0) is 51.0. The minimum atomic E-state index is -1.79. The van der Waals surface area contributed by atoms with Gasteiger partial charge in [-0.25, -0.2) is 0 Å². The van der Waals surface area contributed by atoms with Crippen LogP contribution in [-0.2, 0) is 23.7 Å². The highest BCUT2D eigenvalue weighted by molar-refractivity contribution is 5.76. The van der Waals surface area contributed by atoms with Gasteiger partial charge in [0.2, 0.25) is 5.91 Å². The van der Waals surface area contributed by atoms with Crippen LogP contribution >= 0.6 is 0 Å². The number of carbonyl (C=O) groups is 1. The monoisotopic (exact) mass is 1000 g/mol. The van der Waals surface area contributed by atoms with Crippen molar-refractivity contribution in [3.8, 4) is 0 Å². The number of allylic oxidation sites excluding steroid dienone is 3. The third-order valence-electron chi connectivity index (χ3n) is 14.1. The summed E-state index contributed by atoms with van der Waals surface area (Å²) in [5.74, 6) is -0.249. The molecule has 412 valence electrons. The molecule has 0 aromatic heterocycles. The number of hydrogen-bond donors (Lipinski definition) is 9. The third-order valence-corrected chi connectivity index (χ3v) is 14.1. The van der Waals surface area contributed by atoms with E-state index in [-0.39, 0.29) is 18.9 Å². The van der Waals surface area contributed by atoms with Crippen LogP contribution in [-0.4, -0.2) is 140 Å². The number of ether oxygens (including phenoxy) is 4. The predicted octanol–water partition coefficient (Wildman–Crippen LogP) is 8.89. The van der Waals surface area contributed by atoms with Crippen molar-refractivity contribution in [2.75, 3.05) is 19.8 Å². The molecular weight excluding hydrogens is 895 g/mol. The van der Waals surface area contributed by atoms with E-state index in [1.807, 2.05) is 6.08 Å². The quantitative estimate of drug-likeness (QED) is 0.0205. The normalized spacial score (nSPS) is 26.1. The van der Waals surface area contributed by atoms with Crippen LogP contribution in [0.4, 0.5) is 0 Å². The molecule has 70 heavy (non-hydrogen) atoms. The van der Waals surface area contributed by atoms with Crippen LogP contribution in [0.5, 0.6) is 0 Å². The van der Waals surface area contributed by atoms with Crippen LogP contribution < -0.4 is 5.32 Å². The van der Waals surface area contributed by atoms with Gasteiger partial charge in [0.25, 0.3) is 0 Å². The van der Waals surface area contributed by atoms with Gasteiger partial charge in [0.1, 0.15) is 48.8 Å². The van der Waals surface area contributed by atoms with E-state index < -0.39 is 86.8 Å². The van der Waals surface area contributed by atoms with E-state index in [0.717, 1.165) is 32.1 Å². The number of nitrogens with one attached hydrogen (secondary N) is 1. The zero-order valence-electron chi connectivity index (χ0n) is 44.0. The van der Waals surface area contributed by atoms with Crippen molar-refractivity contribution in [2.45, 2.75) is 306 Å². The average molecular weight is 1000 g/mol. The first-order valence-corrected chi connectivity index (χ1v) is 28.6. The van der Waals surface area contributed by atoms with Crippen LogP contribution in [0.3, 0.4) is 0 Å². The number of unbranched alkanes of at least 4 members (excludes halogenated alkanes) is 30. The molecule has 2 heterocycles. The minimum Gasteiger partial charge on any atom is -0.394 e. The largest absolute Gasteiger partial charge is 0.394 e. The lowest BCUT2D eigenvalue weighted by Gasteiger charge is -2.46. The number of hydrogen-bond acceptors (Lipinski definition) is 13. The summed E-state index contributed by atoms with van der Waals surface area (Å²) in [4.78, 5) is 13.2. The Morgan fingerprint density at radius 2 is 0.914 bits per heavy atom. The van der Waals surface area contributed by atoms with E-state index in [0.29, 0.717) is 12.8 Å². The van der Waals surface area contributed by atoms with Crippen molar-refractivity contribution < 1.29 is 64.6 Å². The van der Waals surface area contributed by atoms with E-state index in [1.54, 1.807) is 6.08 Å². The molecule has 12 unspecified atom stereocenters. The van der Waals surface area contributed by atoms with Gasteiger partial charge in [-0.3, -0.25) is 4.79 Å². The topological polar surface area (TPSA) is 228 Å². The van der Waals surface area contributed by atoms with Crippen molar-refractivity contribution in [1.29, 1.82) is 0 Å². The molecule has 0 aliphatic carbocycles. The standard InChI is InChI=1S/C56H105NO13/c1-3-5-7-9-11-13-15-16-17-18-19-20-21-22-23-24-25-26-27-28-30-31-33-35-37-39-45(60)44(57-48(61)40-38-36-34-32-29-14-12-10-8-6-4-2)43-67-55-53(66)51(64)54(47(42-59)69-55)70-56-52(65)50(63)49(62)46(41-58)68-56/h30-31,37,39,44-47,49-56,58-60,62-66H,3-29,32-36,38,40-43H2,1-2H3,(H,57,61)/b31-30+,39-37+. The summed E-state index contributed by atoms with van der Waals surface area (Å²) < 4.78 is 22.7. The number of amides is 1. The third kappa shape index (κ3) is 28.8. The molecule has 0 radical (unpaired) electrons.